The molecule has 7 rings (SSSR count). The summed E-state index contributed by atoms with van der Waals surface area (Å²) in [6.45, 7) is 15.3. The van der Waals surface area contributed by atoms with Gasteiger partial charge in [0.1, 0.15) is 12.4 Å². The van der Waals surface area contributed by atoms with Crippen LogP contribution in [-0.2, 0) is 33.4 Å². The third kappa shape index (κ3) is 6.22. The van der Waals surface area contributed by atoms with Crippen LogP contribution < -0.4 is 5.32 Å². The first kappa shape index (κ1) is 40.2. The van der Waals surface area contributed by atoms with Crippen molar-refractivity contribution in [3.63, 3.8) is 0 Å². The summed E-state index contributed by atoms with van der Waals surface area (Å²) >= 11 is 0. The molecule has 7 atom stereocenters. The Morgan fingerprint density at radius 3 is 2.29 bits per heavy atom. The summed E-state index contributed by atoms with van der Waals surface area (Å²) in [5.74, 6) is -3.52. The molecule has 0 aromatic heterocycles. The van der Waals surface area contributed by atoms with Crippen molar-refractivity contribution < 1.29 is 48.7 Å². The Morgan fingerprint density at radius 1 is 0.875 bits per heavy atom. The molecular formula is C45H59NO10. The van der Waals surface area contributed by atoms with Crippen molar-refractivity contribution in [3.05, 3.63) is 53.6 Å². The minimum atomic E-state index is -1.27. The number of fused-ring (bicyclic) bond motifs is 7. The predicted molar refractivity (Wildman–Crippen MR) is 209 cm³/mol. The number of hydrogen-bond acceptors (Lipinski definition) is 8. The lowest BCUT2D eigenvalue weighted by molar-refractivity contribution is -0.308. The molecule has 1 aliphatic heterocycles. The number of ether oxygens (including phenoxy) is 3. The number of rotatable bonds is 8. The zero-order valence-electron chi connectivity index (χ0n) is 33.7. The predicted octanol–water partition coefficient (Wildman–Crippen LogP) is 8.14. The van der Waals surface area contributed by atoms with Gasteiger partial charge < -0.3 is 34.8 Å². The smallest absolute Gasteiger partial charge is 0.330 e. The van der Waals surface area contributed by atoms with Gasteiger partial charge in [-0.2, -0.15) is 0 Å². The van der Waals surface area contributed by atoms with Crippen LogP contribution in [0.5, 0.6) is 5.75 Å². The first-order valence-corrected chi connectivity index (χ1v) is 20.4. The maximum absolute atomic E-state index is 13.8. The molecule has 1 heterocycles. The van der Waals surface area contributed by atoms with Crippen LogP contribution in [0.3, 0.4) is 0 Å². The molecule has 1 aromatic rings. The Bertz CT molecular complexity index is 1890. The number of benzene rings is 1. The van der Waals surface area contributed by atoms with Crippen LogP contribution in [0.4, 0.5) is 5.69 Å². The lowest BCUT2D eigenvalue weighted by atomic mass is 9.33. The van der Waals surface area contributed by atoms with Crippen molar-refractivity contribution in [3.8, 4) is 5.75 Å². The van der Waals surface area contributed by atoms with Gasteiger partial charge in [-0.15, -0.1) is 0 Å². The van der Waals surface area contributed by atoms with E-state index in [0.717, 1.165) is 62.7 Å². The number of carboxylic acid groups (broad SMARTS) is 2. The highest BCUT2D eigenvalue weighted by Crippen LogP contribution is 2.77. The highest BCUT2D eigenvalue weighted by atomic mass is 16.7. The third-order valence-corrected chi connectivity index (χ3v) is 16.1. The fraction of sp³-hybridized carbons (Fsp3) is 0.644. The summed E-state index contributed by atoms with van der Waals surface area (Å²) in [4.78, 5) is 50.4. The molecule has 1 aromatic carbocycles. The Morgan fingerprint density at radius 2 is 1.59 bits per heavy atom. The van der Waals surface area contributed by atoms with E-state index in [1.165, 1.54) is 30.4 Å². The lowest BCUT2D eigenvalue weighted by Gasteiger charge is -2.72. The fourth-order valence-electron chi connectivity index (χ4n) is 13.2. The van der Waals surface area contributed by atoms with Gasteiger partial charge in [0, 0.05) is 46.7 Å². The van der Waals surface area contributed by atoms with Gasteiger partial charge in [-0.3, -0.25) is 9.59 Å². The van der Waals surface area contributed by atoms with E-state index in [4.69, 9.17) is 19.3 Å². The summed E-state index contributed by atoms with van der Waals surface area (Å²) in [6, 6.07) is 4.23. The van der Waals surface area contributed by atoms with Gasteiger partial charge in [0.2, 0.25) is 5.91 Å². The number of amides is 1. The molecule has 11 nitrogen and oxygen atoms in total. The number of aromatic hydroxyl groups is 1. The molecule has 304 valence electrons. The molecular weight excluding hydrogens is 714 g/mol. The number of carboxylic acids is 2. The number of aliphatic carboxylic acids is 2. The summed E-state index contributed by atoms with van der Waals surface area (Å²) in [5.41, 5.74) is -0.271. The third-order valence-electron chi connectivity index (χ3n) is 16.1. The molecule has 0 radical (unpaired) electrons. The van der Waals surface area contributed by atoms with Crippen LogP contribution >= 0.6 is 0 Å². The van der Waals surface area contributed by atoms with Gasteiger partial charge in [-0.1, -0.05) is 53.2 Å². The number of allylic oxidation sites excluding steroid dienone is 1. The Hall–Kier alpha value is -3.96. The maximum atomic E-state index is 13.8. The molecule has 4 unspecified atom stereocenters. The van der Waals surface area contributed by atoms with Crippen molar-refractivity contribution in [2.24, 2.45) is 50.2 Å². The molecule has 1 saturated heterocycles. The number of esters is 1. The van der Waals surface area contributed by atoms with E-state index in [9.17, 15) is 29.4 Å². The van der Waals surface area contributed by atoms with E-state index < -0.39 is 40.4 Å². The number of carbonyl (C=O) groups excluding carboxylic acids is 2. The fourth-order valence-corrected chi connectivity index (χ4v) is 13.2. The number of carbonyl (C=O) groups is 4. The average Bonchev–Trinajstić information content (AvgIpc) is 3.62. The molecule has 4 saturated carbocycles. The first-order chi connectivity index (χ1) is 26.2. The molecule has 56 heavy (non-hydrogen) atoms. The zero-order chi connectivity index (χ0) is 40.5. The molecule has 5 fully saturated rings. The summed E-state index contributed by atoms with van der Waals surface area (Å²) < 4.78 is 19.2. The standard InChI is InChI=1S/C45H59NO10/c1-39(2)17-19-43(38(52)53)20-21-44(27-54-37(51)14-7-28-25-29(47)8-10-32(28)46-35(48)12-13-36(49)50)30(31(43)26-39)9-11-34-41(5)18-22-45(55-23-24-56-45)40(3,4)33(41)15-16-42(34,44)6/h7-10,12-14,25,31,33-34,47H,11,15-24,26-27H2,1-6H3,(H,46,48)(H,49,50)(H,52,53)/b13-12+,14-7+/t31?,33?,34?,41-,42+,43?,44-/m0/s1. The average molecular weight is 774 g/mol. The van der Waals surface area contributed by atoms with Gasteiger partial charge in [0.05, 0.1) is 18.6 Å². The summed E-state index contributed by atoms with van der Waals surface area (Å²) in [5, 5.41) is 32.7. The van der Waals surface area contributed by atoms with Crippen molar-refractivity contribution in [2.75, 3.05) is 25.1 Å². The Balaban J connectivity index is 1.23. The van der Waals surface area contributed by atoms with E-state index in [0.29, 0.717) is 44.0 Å². The van der Waals surface area contributed by atoms with Gasteiger partial charge in [-0.05, 0) is 116 Å². The molecule has 6 aliphatic rings. The molecule has 1 amide bonds. The van der Waals surface area contributed by atoms with Gasteiger partial charge >= 0.3 is 17.9 Å². The minimum absolute atomic E-state index is 0.0326. The molecule has 11 heteroatoms. The largest absolute Gasteiger partial charge is 0.508 e. The monoisotopic (exact) mass is 773 g/mol. The Labute approximate surface area is 329 Å². The zero-order valence-corrected chi connectivity index (χ0v) is 33.7. The summed E-state index contributed by atoms with van der Waals surface area (Å²) in [6.07, 6.45) is 14.6. The van der Waals surface area contributed by atoms with Crippen molar-refractivity contribution in [1.29, 1.82) is 0 Å². The second-order valence-corrected chi connectivity index (χ2v) is 19.5. The normalized spacial score (nSPS) is 36.5. The van der Waals surface area contributed by atoms with Crippen LogP contribution in [0.15, 0.2) is 48.1 Å². The van der Waals surface area contributed by atoms with Crippen LogP contribution in [0, 0.1) is 50.2 Å². The van der Waals surface area contributed by atoms with Crippen LogP contribution in [0.1, 0.15) is 111 Å². The van der Waals surface area contributed by atoms with Crippen molar-refractivity contribution in [2.45, 2.75) is 112 Å². The van der Waals surface area contributed by atoms with Crippen LogP contribution in [-0.4, -0.2) is 64.7 Å². The van der Waals surface area contributed by atoms with Crippen LogP contribution in [0.2, 0.25) is 0 Å². The second-order valence-electron chi connectivity index (χ2n) is 19.5. The Kier molecular flexibility index (Phi) is 9.96. The van der Waals surface area contributed by atoms with Gasteiger partial charge in [0.15, 0.2) is 5.79 Å². The molecule has 4 N–H and O–H groups in total. The van der Waals surface area contributed by atoms with Gasteiger partial charge in [0.25, 0.3) is 0 Å². The second kappa shape index (κ2) is 13.9. The van der Waals surface area contributed by atoms with Crippen LogP contribution in [0.25, 0.3) is 6.08 Å². The number of hydrogen-bond donors (Lipinski definition) is 4. The van der Waals surface area contributed by atoms with Crippen molar-refractivity contribution >= 4 is 35.6 Å². The van der Waals surface area contributed by atoms with E-state index in [1.807, 2.05) is 0 Å². The van der Waals surface area contributed by atoms with E-state index in [1.54, 1.807) is 0 Å². The molecule has 5 aliphatic carbocycles. The molecule has 1 spiro atoms. The van der Waals surface area contributed by atoms with E-state index in [2.05, 4.69) is 52.9 Å². The van der Waals surface area contributed by atoms with E-state index >= 15 is 0 Å². The number of phenols is 1. The van der Waals surface area contributed by atoms with Crippen molar-refractivity contribution in [1.82, 2.24) is 0 Å². The number of nitrogens with one attached hydrogen (secondary N) is 1. The topological polar surface area (TPSA) is 169 Å². The van der Waals surface area contributed by atoms with Gasteiger partial charge in [-0.25, -0.2) is 9.59 Å². The SMILES string of the molecule is CC1(C)CCC2(C(=O)O)CC[C@]3(COC(=O)/C=C/c4cc(O)ccc4NC(=O)/C=C/C(=O)O)C(=CCC4[C@@]5(C)CCC6(OCCO6)C(C)(C)C5CC[C@]43C)C2C1. The minimum Gasteiger partial charge on any atom is -0.508 e. The molecule has 0 bridgehead atoms. The highest BCUT2D eigenvalue weighted by Gasteiger charge is 2.73. The summed E-state index contributed by atoms with van der Waals surface area (Å²) in [7, 11) is 0. The quantitative estimate of drug-likeness (QED) is 0.0876. The first-order valence-electron chi connectivity index (χ1n) is 20.4. The van der Waals surface area contributed by atoms with E-state index in [-0.39, 0.29) is 51.5 Å². The number of phenolic OH excluding ortho intramolecular Hbond substituents is 1. The maximum Gasteiger partial charge on any atom is 0.330 e. The lowest BCUT2D eigenvalue weighted by Crippen LogP contribution is -2.68. The highest BCUT2D eigenvalue weighted by molar-refractivity contribution is 6.03. The number of anilines is 1.